The van der Waals surface area contributed by atoms with Crippen LogP contribution >= 0.6 is 0 Å². The molecule has 0 bridgehead atoms. The van der Waals surface area contributed by atoms with Crippen LogP contribution in [-0.4, -0.2) is 28.1 Å². The van der Waals surface area contributed by atoms with Crippen molar-refractivity contribution >= 4 is 12.1 Å². The molecular weight excluding hydrogens is 563 g/mol. The fraction of sp³-hybridized carbons (Fsp3) is 0.212. The topological polar surface area (TPSA) is 85.3 Å². The molecule has 10 heteroatoms. The second kappa shape index (κ2) is 12.5. The first-order valence-corrected chi connectivity index (χ1v) is 13.5. The summed E-state index contributed by atoms with van der Waals surface area (Å²) in [6, 6.07) is 25.6. The van der Waals surface area contributed by atoms with Crippen LogP contribution in [0.15, 0.2) is 97.1 Å². The van der Waals surface area contributed by atoms with Gasteiger partial charge in [-0.25, -0.2) is 4.79 Å². The summed E-state index contributed by atoms with van der Waals surface area (Å²) in [7, 11) is 0. The molecule has 43 heavy (non-hydrogen) atoms. The van der Waals surface area contributed by atoms with E-state index in [4.69, 9.17) is 14.2 Å². The summed E-state index contributed by atoms with van der Waals surface area (Å²) in [6.07, 6.45) is -6.20. The number of cyclic esters (lactones) is 1. The number of rotatable bonds is 10. The average molecular weight is 592 g/mol. The molecule has 2 unspecified atom stereocenters. The Kier molecular flexibility index (Phi) is 8.56. The van der Waals surface area contributed by atoms with Gasteiger partial charge in [0.2, 0.25) is 0 Å². The molecule has 7 nitrogen and oxygen atoms in total. The fourth-order valence-electron chi connectivity index (χ4n) is 4.85. The molecule has 222 valence electrons. The number of amides is 1. The highest BCUT2D eigenvalue weighted by Crippen LogP contribution is 2.40. The Hall–Kier alpha value is -4.99. The molecule has 4 aromatic carbocycles. The molecule has 5 rings (SSSR count). The monoisotopic (exact) mass is 591 g/mol. The molecule has 1 amide bonds. The van der Waals surface area contributed by atoms with Gasteiger partial charge in [0.1, 0.15) is 18.5 Å². The first-order chi connectivity index (χ1) is 20.6. The Morgan fingerprint density at radius 2 is 1.56 bits per heavy atom. The molecular formula is C33H28F3NO6. The van der Waals surface area contributed by atoms with E-state index in [1.807, 2.05) is 60.7 Å². The third-order valence-corrected chi connectivity index (χ3v) is 7.07. The van der Waals surface area contributed by atoms with Gasteiger partial charge in [-0.15, -0.1) is 0 Å². The number of ether oxygens (including phenoxy) is 3. The van der Waals surface area contributed by atoms with Crippen LogP contribution in [0.1, 0.15) is 40.8 Å². The molecule has 1 heterocycles. The van der Waals surface area contributed by atoms with Crippen LogP contribution in [-0.2, 0) is 35.3 Å². The lowest BCUT2D eigenvalue weighted by Crippen LogP contribution is -2.31. The van der Waals surface area contributed by atoms with Crippen molar-refractivity contribution in [3.63, 3.8) is 0 Å². The standard InChI is InChI=1S/C33H28F3NO6/c1-21-31(24-10-6-3-7-11-24)43-32(40)37(21)19-25-18-26(33(34,35)36)13-15-27(25)42-29-16-23(17-30(38)39)12-14-28(29)41-20-22-8-4-2-5-9-22/h2-16,18,21,31H,17,19-20H2,1H3,(H,38,39). The fourth-order valence-corrected chi connectivity index (χ4v) is 4.85. The van der Waals surface area contributed by atoms with E-state index in [1.165, 1.54) is 17.0 Å². The van der Waals surface area contributed by atoms with Gasteiger partial charge in [0.25, 0.3) is 0 Å². The molecule has 0 aromatic heterocycles. The van der Waals surface area contributed by atoms with Crippen LogP contribution < -0.4 is 9.47 Å². The predicted molar refractivity (Wildman–Crippen MR) is 151 cm³/mol. The Morgan fingerprint density at radius 1 is 0.884 bits per heavy atom. The summed E-state index contributed by atoms with van der Waals surface area (Å²) in [5, 5.41) is 9.30. The molecule has 1 fully saturated rings. The lowest BCUT2D eigenvalue weighted by molar-refractivity contribution is -0.138. The molecule has 1 aliphatic heterocycles. The Morgan fingerprint density at radius 3 is 2.23 bits per heavy atom. The number of hydrogen-bond donors (Lipinski definition) is 1. The van der Waals surface area contributed by atoms with Gasteiger partial charge in [0.05, 0.1) is 24.6 Å². The van der Waals surface area contributed by atoms with Crippen molar-refractivity contribution in [2.75, 3.05) is 0 Å². The van der Waals surface area contributed by atoms with Crippen LogP contribution in [0.3, 0.4) is 0 Å². The predicted octanol–water partition coefficient (Wildman–Crippen LogP) is 7.79. The number of aliphatic carboxylic acids is 1. The summed E-state index contributed by atoms with van der Waals surface area (Å²) >= 11 is 0. The Labute approximate surface area is 246 Å². The van der Waals surface area contributed by atoms with Gasteiger partial charge < -0.3 is 19.3 Å². The molecule has 0 radical (unpaired) electrons. The van der Waals surface area contributed by atoms with E-state index in [0.29, 0.717) is 5.56 Å². The largest absolute Gasteiger partial charge is 0.485 e. The van der Waals surface area contributed by atoms with Crippen molar-refractivity contribution in [3.8, 4) is 17.2 Å². The number of hydrogen-bond acceptors (Lipinski definition) is 5. The van der Waals surface area contributed by atoms with E-state index in [-0.39, 0.29) is 42.4 Å². The van der Waals surface area contributed by atoms with Crippen molar-refractivity contribution in [1.82, 2.24) is 4.90 Å². The number of carboxylic acids is 1. The summed E-state index contributed by atoms with van der Waals surface area (Å²) in [4.78, 5) is 25.6. The van der Waals surface area contributed by atoms with E-state index in [1.54, 1.807) is 19.1 Å². The Bertz CT molecular complexity index is 1590. The van der Waals surface area contributed by atoms with E-state index in [9.17, 15) is 27.9 Å². The average Bonchev–Trinajstić information content (AvgIpc) is 3.26. The van der Waals surface area contributed by atoms with Crippen LogP contribution in [0.5, 0.6) is 17.2 Å². The van der Waals surface area contributed by atoms with Gasteiger partial charge in [0, 0.05) is 5.56 Å². The van der Waals surface area contributed by atoms with Crippen molar-refractivity contribution in [1.29, 1.82) is 0 Å². The molecule has 4 aromatic rings. The molecule has 2 atom stereocenters. The van der Waals surface area contributed by atoms with Crippen LogP contribution in [0.2, 0.25) is 0 Å². The summed E-state index contributed by atoms with van der Waals surface area (Å²) < 4.78 is 59.0. The van der Waals surface area contributed by atoms with Crippen molar-refractivity contribution in [3.05, 3.63) is 125 Å². The quantitative estimate of drug-likeness (QED) is 0.203. The maximum absolute atomic E-state index is 13.8. The number of alkyl halides is 3. The van der Waals surface area contributed by atoms with Gasteiger partial charge in [0.15, 0.2) is 11.5 Å². The maximum atomic E-state index is 13.8. The zero-order chi connectivity index (χ0) is 30.6. The van der Waals surface area contributed by atoms with Gasteiger partial charge in [-0.3, -0.25) is 9.69 Å². The molecule has 1 saturated heterocycles. The van der Waals surface area contributed by atoms with Crippen LogP contribution in [0.25, 0.3) is 0 Å². The summed E-state index contributed by atoms with van der Waals surface area (Å²) in [6.45, 7) is 1.71. The highest BCUT2D eigenvalue weighted by atomic mass is 19.4. The zero-order valence-corrected chi connectivity index (χ0v) is 23.1. The third kappa shape index (κ3) is 7.09. The number of carbonyl (C=O) groups is 2. The van der Waals surface area contributed by atoms with Crippen molar-refractivity contribution < 1.29 is 42.1 Å². The minimum absolute atomic E-state index is 0.0493. The van der Waals surface area contributed by atoms with Gasteiger partial charge >= 0.3 is 18.2 Å². The highest BCUT2D eigenvalue weighted by Gasteiger charge is 2.40. The van der Waals surface area contributed by atoms with E-state index in [2.05, 4.69) is 0 Å². The number of carbonyl (C=O) groups excluding carboxylic acids is 1. The van der Waals surface area contributed by atoms with E-state index >= 15 is 0 Å². The summed E-state index contributed by atoms with van der Waals surface area (Å²) in [5.41, 5.74) is 1.22. The van der Waals surface area contributed by atoms with Gasteiger partial charge in [-0.2, -0.15) is 13.2 Å². The van der Waals surface area contributed by atoms with Crippen molar-refractivity contribution in [2.45, 2.75) is 44.8 Å². The molecule has 1 aliphatic rings. The van der Waals surface area contributed by atoms with Gasteiger partial charge in [-0.05, 0) is 53.9 Å². The van der Waals surface area contributed by atoms with Crippen molar-refractivity contribution in [2.24, 2.45) is 0 Å². The molecule has 0 saturated carbocycles. The number of benzene rings is 4. The second-order valence-electron chi connectivity index (χ2n) is 10.1. The zero-order valence-electron chi connectivity index (χ0n) is 23.1. The number of carboxylic acid groups (broad SMARTS) is 1. The second-order valence-corrected chi connectivity index (χ2v) is 10.1. The SMILES string of the molecule is CC1C(c2ccccc2)OC(=O)N1Cc1cc(C(F)(F)F)ccc1Oc1cc(CC(=O)O)ccc1OCc1ccccc1. The normalized spacial score (nSPS) is 16.6. The van der Waals surface area contributed by atoms with E-state index < -0.39 is 35.9 Å². The van der Waals surface area contributed by atoms with Gasteiger partial charge in [-0.1, -0.05) is 66.7 Å². The smallest absolute Gasteiger partial charge is 0.416 e. The lowest BCUT2D eigenvalue weighted by atomic mass is 10.0. The minimum Gasteiger partial charge on any atom is -0.485 e. The number of nitrogens with zero attached hydrogens (tertiary/aromatic N) is 1. The van der Waals surface area contributed by atoms with E-state index in [0.717, 1.165) is 23.3 Å². The van der Waals surface area contributed by atoms with Crippen LogP contribution in [0, 0.1) is 0 Å². The first kappa shape index (κ1) is 29.5. The maximum Gasteiger partial charge on any atom is 0.416 e. The number of halogens is 3. The molecule has 0 aliphatic carbocycles. The summed E-state index contributed by atoms with van der Waals surface area (Å²) in [5.74, 6) is -0.626. The van der Waals surface area contributed by atoms with Crippen LogP contribution in [0.4, 0.5) is 18.0 Å². The third-order valence-electron chi connectivity index (χ3n) is 7.07. The minimum atomic E-state index is -4.64. The lowest BCUT2D eigenvalue weighted by Gasteiger charge is -2.23. The molecule has 0 spiro atoms. The first-order valence-electron chi connectivity index (χ1n) is 13.5. The Balaban J connectivity index is 1.48. The highest BCUT2D eigenvalue weighted by molar-refractivity contribution is 5.72. The molecule has 1 N–H and O–H groups in total.